The second-order valence-electron chi connectivity index (χ2n) is 4.27. The van der Waals surface area contributed by atoms with Crippen molar-refractivity contribution >= 4 is 11.5 Å². The van der Waals surface area contributed by atoms with Gasteiger partial charge in [0.2, 0.25) is 0 Å². The van der Waals surface area contributed by atoms with Gasteiger partial charge < -0.3 is 15.0 Å². The predicted octanol–water partition coefficient (Wildman–Crippen LogP) is 2.58. The van der Waals surface area contributed by atoms with Gasteiger partial charge in [-0.25, -0.2) is 4.98 Å². The van der Waals surface area contributed by atoms with Crippen molar-refractivity contribution in [3.05, 3.63) is 48.2 Å². The van der Waals surface area contributed by atoms with E-state index in [4.69, 9.17) is 4.74 Å². The summed E-state index contributed by atoms with van der Waals surface area (Å²) in [5, 5.41) is 3.11. The molecule has 2 aromatic rings. The minimum atomic E-state index is 0.768. The zero-order valence-corrected chi connectivity index (χ0v) is 11.6. The quantitative estimate of drug-likeness (QED) is 0.893. The molecule has 0 aliphatic heterocycles. The summed E-state index contributed by atoms with van der Waals surface area (Å²) in [5.41, 5.74) is 2.11. The van der Waals surface area contributed by atoms with E-state index in [1.54, 1.807) is 7.11 Å². The van der Waals surface area contributed by atoms with Crippen LogP contribution in [0, 0.1) is 0 Å². The third kappa shape index (κ3) is 3.23. The molecule has 2 rings (SSSR count). The first kappa shape index (κ1) is 13.4. The highest BCUT2D eigenvalue weighted by molar-refractivity contribution is 5.60. The largest absolute Gasteiger partial charge is 0.497 e. The van der Waals surface area contributed by atoms with Gasteiger partial charge in [0.25, 0.3) is 0 Å². The standard InChI is InChI=1S/C15H19N3O/c1-16-11-12-5-4-6-15(17-12)18(2)13-7-9-14(19-3)10-8-13/h4-10,16H,11H2,1-3H3. The van der Waals surface area contributed by atoms with Gasteiger partial charge in [0.15, 0.2) is 0 Å². The Kier molecular flexibility index (Phi) is 4.36. The number of hydrogen-bond donors (Lipinski definition) is 1. The molecule has 0 aliphatic rings. The first-order valence-corrected chi connectivity index (χ1v) is 6.23. The highest BCUT2D eigenvalue weighted by Gasteiger charge is 2.06. The SMILES string of the molecule is CNCc1cccc(N(C)c2ccc(OC)cc2)n1. The van der Waals surface area contributed by atoms with Crippen molar-refractivity contribution in [3.8, 4) is 5.75 Å². The van der Waals surface area contributed by atoms with E-state index in [0.29, 0.717) is 0 Å². The molecule has 0 unspecified atom stereocenters. The molecule has 4 nitrogen and oxygen atoms in total. The van der Waals surface area contributed by atoms with Gasteiger partial charge in [-0.15, -0.1) is 0 Å². The molecule has 19 heavy (non-hydrogen) atoms. The molecule has 0 atom stereocenters. The van der Waals surface area contributed by atoms with E-state index in [0.717, 1.165) is 29.5 Å². The lowest BCUT2D eigenvalue weighted by atomic mass is 10.2. The zero-order valence-electron chi connectivity index (χ0n) is 11.6. The Labute approximate surface area is 114 Å². The van der Waals surface area contributed by atoms with Crippen LogP contribution in [-0.2, 0) is 6.54 Å². The lowest BCUT2D eigenvalue weighted by molar-refractivity contribution is 0.415. The van der Waals surface area contributed by atoms with E-state index in [9.17, 15) is 0 Å². The smallest absolute Gasteiger partial charge is 0.133 e. The molecule has 1 heterocycles. The van der Waals surface area contributed by atoms with Crippen LogP contribution in [0.15, 0.2) is 42.5 Å². The molecule has 0 saturated carbocycles. The molecule has 100 valence electrons. The number of benzene rings is 1. The third-order valence-electron chi connectivity index (χ3n) is 2.95. The zero-order chi connectivity index (χ0) is 13.7. The fourth-order valence-electron chi connectivity index (χ4n) is 1.87. The Balaban J connectivity index is 2.22. The molecule has 0 radical (unpaired) electrons. The molecular weight excluding hydrogens is 238 g/mol. The maximum atomic E-state index is 5.16. The van der Waals surface area contributed by atoms with Crippen LogP contribution in [0.3, 0.4) is 0 Å². The van der Waals surface area contributed by atoms with Gasteiger partial charge in [-0.05, 0) is 43.4 Å². The van der Waals surface area contributed by atoms with Gasteiger partial charge in [0.05, 0.1) is 12.8 Å². The van der Waals surface area contributed by atoms with Crippen LogP contribution >= 0.6 is 0 Å². The molecule has 4 heteroatoms. The lowest BCUT2D eigenvalue weighted by Crippen LogP contribution is -2.13. The molecule has 0 aliphatic carbocycles. The molecule has 0 saturated heterocycles. The molecule has 0 spiro atoms. The second kappa shape index (κ2) is 6.20. The van der Waals surface area contributed by atoms with Crippen LogP contribution in [0.25, 0.3) is 0 Å². The summed E-state index contributed by atoms with van der Waals surface area (Å²) in [5.74, 6) is 1.78. The number of nitrogens with zero attached hydrogens (tertiary/aromatic N) is 2. The summed E-state index contributed by atoms with van der Waals surface area (Å²) in [6, 6.07) is 14.0. The van der Waals surface area contributed by atoms with Crippen molar-refractivity contribution < 1.29 is 4.74 Å². The van der Waals surface area contributed by atoms with Crippen LogP contribution in [-0.4, -0.2) is 26.2 Å². The number of pyridine rings is 1. The highest BCUT2D eigenvalue weighted by atomic mass is 16.5. The Morgan fingerprint density at radius 2 is 1.89 bits per heavy atom. The van der Waals surface area contributed by atoms with Gasteiger partial charge >= 0.3 is 0 Å². The van der Waals surface area contributed by atoms with Gasteiger partial charge in [-0.3, -0.25) is 0 Å². The van der Waals surface area contributed by atoms with E-state index in [1.165, 1.54) is 0 Å². The Hall–Kier alpha value is -2.07. The maximum Gasteiger partial charge on any atom is 0.133 e. The minimum absolute atomic E-state index is 0.768. The number of rotatable bonds is 5. The minimum Gasteiger partial charge on any atom is -0.497 e. The number of hydrogen-bond acceptors (Lipinski definition) is 4. The molecular formula is C15H19N3O. The number of ether oxygens (including phenoxy) is 1. The maximum absolute atomic E-state index is 5.16. The first-order chi connectivity index (χ1) is 9.24. The van der Waals surface area contributed by atoms with E-state index in [-0.39, 0.29) is 0 Å². The summed E-state index contributed by atoms with van der Waals surface area (Å²) in [6.45, 7) is 0.768. The summed E-state index contributed by atoms with van der Waals surface area (Å²) in [4.78, 5) is 6.67. The number of nitrogens with one attached hydrogen (secondary N) is 1. The van der Waals surface area contributed by atoms with Gasteiger partial charge in [0.1, 0.15) is 11.6 Å². The average molecular weight is 257 g/mol. The van der Waals surface area contributed by atoms with Crippen molar-refractivity contribution in [2.24, 2.45) is 0 Å². The summed E-state index contributed by atoms with van der Waals surface area (Å²) in [6.07, 6.45) is 0. The molecule has 0 amide bonds. The number of anilines is 2. The molecule has 1 aromatic heterocycles. The van der Waals surface area contributed by atoms with Crippen molar-refractivity contribution in [2.45, 2.75) is 6.54 Å². The van der Waals surface area contributed by atoms with Gasteiger partial charge in [-0.2, -0.15) is 0 Å². The van der Waals surface area contributed by atoms with Crippen molar-refractivity contribution in [3.63, 3.8) is 0 Å². The van der Waals surface area contributed by atoms with Crippen LogP contribution < -0.4 is 15.0 Å². The fraction of sp³-hybridized carbons (Fsp3) is 0.267. The molecule has 1 N–H and O–H groups in total. The number of aromatic nitrogens is 1. The third-order valence-corrected chi connectivity index (χ3v) is 2.95. The molecule has 0 bridgehead atoms. The lowest BCUT2D eigenvalue weighted by Gasteiger charge is -2.19. The van der Waals surface area contributed by atoms with Crippen molar-refractivity contribution in [1.29, 1.82) is 0 Å². The summed E-state index contributed by atoms with van der Waals surface area (Å²) in [7, 11) is 5.59. The summed E-state index contributed by atoms with van der Waals surface area (Å²) >= 11 is 0. The predicted molar refractivity (Wildman–Crippen MR) is 78.1 cm³/mol. The van der Waals surface area contributed by atoms with E-state index < -0.39 is 0 Å². The average Bonchev–Trinajstić information content (AvgIpc) is 2.47. The number of methoxy groups -OCH3 is 1. The van der Waals surface area contributed by atoms with E-state index >= 15 is 0 Å². The second-order valence-corrected chi connectivity index (χ2v) is 4.27. The van der Waals surface area contributed by atoms with Crippen LogP contribution in [0.4, 0.5) is 11.5 Å². The van der Waals surface area contributed by atoms with E-state index in [2.05, 4.69) is 15.2 Å². The van der Waals surface area contributed by atoms with Crippen LogP contribution in [0.1, 0.15) is 5.69 Å². The van der Waals surface area contributed by atoms with Gasteiger partial charge in [0, 0.05) is 19.3 Å². The molecule has 1 aromatic carbocycles. The fourth-order valence-corrected chi connectivity index (χ4v) is 1.87. The Morgan fingerprint density at radius 1 is 1.16 bits per heavy atom. The van der Waals surface area contributed by atoms with Crippen molar-refractivity contribution in [1.82, 2.24) is 10.3 Å². The van der Waals surface area contributed by atoms with Crippen LogP contribution in [0.2, 0.25) is 0 Å². The first-order valence-electron chi connectivity index (χ1n) is 6.23. The Morgan fingerprint density at radius 3 is 2.53 bits per heavy atom. The van der Waals surface area contributed by atoms with Crippen LogP contribution in [0.5, 0.6) is 5.75 Å². The Bertz CT molecular complexity index is 525. The highest BCUT2D eigenvalue weighted by Crippen LogP contribution is 2.24. The van der Waals surface area contributed by atoms with Crippen molar-refractivity contribution in [2.75, 3.05) is 26.1 Å². The monoisotopic (exact) mass is 257 g/mol. The normalized spacial score (nSPS) is 10.3. The van der Waals surface area contributed by atoms with E-state index in [1.807, 2.05) is 56.6 Å². The van der Waals surface area contributed by atoms with Gasteiger partial charge in [-0.1, -0.05) is 6.07 Å². The topological polar surface area (TPSA) is 37.4 Å². The summed E-state index contributed by atoms with van der Waals surface area (Å²) < 4.78 is 5.16. The molecule has 0 fully saturated rings.